The van der Waals surface area contributed by atoms with E-state index in [9.17, 15) is 0 Å². The second kappa shape index (κ2) is 4.13. The molecule has 1 aromatic heterocycles. The van der Waals surface area contributed by atoms with Crippen LogP contribution in [0.3, 0.4) is 0 Å². The van der Waals surface area contributed by atoms with E-state index in [0.29, 0.717) is 6.04 Å². The molecule has 0 aliphatic heterocycles. The molecule has 0 spiro atoms. The fraction of sp³-hybridized carbons (Fsp3) is 0.727. The fourth-order valence-corrected chi connectivity index (χ4v) is 1.44. The predicted molar refractivity (Wildman–Crippen MR) is 57.1 cm³/mol. The van der Waals surface area contributed by atoms with Crippen molar-refractivity contribution in [3.8, 4) is 0 Å². The van der Waals surface area contributed by atoms with Crippen LogP contribution in [0.15, 0.2) is 12.3 Å². The quantitative estimate of drug-likeness (QED) is 0.776. The molecule has 0 radical (unpaired) electrons. The molecule has 1 fully saturated rings. The molecule has 1 aliphatic carbocycles. The van der Waals surface area contributed by atoms with E-state index in [1.54, 1.807) is 0 Å². The number of nitrogens with one attached hydrogen (secondary N) is 1. The first kappa shape index (κ1) is 9.71. The predicted octanol–water partition coefficient (Wildman–Crippen LogP) is 2.11. The van der Waals surface area contributed by atoms with Crippen LogP contribution in [-0.2, 0) is 6.54 Å². The second-order valence-electron chi connectivity index (χ2n) is 4.20. The van der Waals surface area contributed by atoms with Gasteiger partial charge in [0.25, 0.3) is 0 Å². The normalized spacial score (nSPS) is 18.4. The maximum absolute atomic E-state index is 4.53. The van der Waals surface area contributed by atoms with Gasteiger partial charge in [-0.15, -0.1) is 0 Å². The average molecular weight is 193 g/mol. The lowest BCUT2D eigenvalue weighted by Gasteiger charge is -2.08. The Morgan fingerprint density at radius 3 is 3.07 bits per heavy atom. The van der Waals surface area contributed by atoms with Gasteiger partial charge in [-0.3, -0.25) is 4.68 Å². The van der Waals surface area contributed by atoms with E-state index in [0.717, 1.165) is 24.7 Å². The number of rotatable bonds is 5. The van der Waals surface area contributed by atoms with Gasteiger partial charge in [-0.2, -0.15) is 5.10 Å². The summed E-state index contributed by atoms with van der Waals surface area (Å²) in [5.41, 5.74) is 1.16. The number of nitrogens with zero attached hydrogens (tertiary/aromatic N) is 2. The molecule has 14 heavy (non-hydrogen) atoms. The molecule has 0 amide bonds. The van der Waals surface area contributed by atoms with E-state index in [-0.39, 0.29) is 0 Å². The number of hydrogen-bond acceptors (Lipinski definition) is 2. The summed E-state index contributed by atoms with van der Waals surface area (Å²) < 4.78 is 2.06. The van der Waals surface area contributed by atoms with E-state index in [4.69, 9.17) is 0 Å². The Hall–Kier alpha value is -0.830. The fourth-order valence-electron chi connectivity index (χ4n) is 1.44. The maximum Gasteiger partial charge on any atom is 0.0762 e. The standard InChI is InChI=1S/C11H19N3/c1-3-9(2)14-7-6-11(13-14)8-12-10-4-5-10/h6-7,9-10,12H,3-5,8H2,1-2H3. The minimum atomic E-state index is 0.518. The Morgan fingerprint density at radius 2 is 2.43 bits per heavy atom. The summed E-state index contributed by atoms with van der Waals surface area (Å²) in [6, 6.07) is 3.40. The van der Waals surface area contributed by atoms with Crippen molar-refractivity contribution in [3.05, 3.63) is 18.0 Å². The van der Waals surface area contributed by atoms with Gasteiger partial charge in [0.05, 0.1) is 5.69 Å². The molecule has 1 N–H and O–H groups in total. The molecule has 0 bridgehead atoms. The molecule has 1 heterocycles. The Labute approximate surface area is 85.5 Å². The lowest BCUT2D eigenvalue weighted by atomic mass is 10.3. The van der Waals surface area contributed by atoms with Crippen molar-refractivity contribution in [1.82, 2.24) is 15.1 Å². The molecule has 2 rings (SSSR count). The van der Waals surface area contributed by atoms with Gasteiger partial charge in [0.2, 0.25) is 0 Å². The topological polar surface area (TPSA) is 29.9 Å². The minimum Gasteiger partial charge on any atom is -0.308 e. The van der Waals surface area contributed by atoms with E-state index < -0.39 is 0 Å². The van der Waals surface area contributed by atoms with E-state index in [2.05, 4.69) is 41.2 Å². The summed E-state index contributed by atoms with van der Waals surface area (Å²) >= 11 is 0. The Bertz CT molecular complexity index is 288. The van der Waals surface area contributed by atoms with Crippen LogP contribution in [0.5, 0.6) is 0 Å². The van der Waals surface area contributed by atoms with Gasteiger partial charge in [0.1, 0.15) is 0 Å². The Kier molecular flexibility index (Phi) is 2.87. The van der Waals surface area contributed by atoms with Crippen LogP contribution in [-0.4, -0.2) is 15.8 Å². The molecule has 0 aromatic carbocycles. The summed E-state index contributed by atoms with van der Waals surface area (Å²) in [6.45, 7) is 5.31. The van der Waals surface area contributed by atoms with E-state index in [1.165, 1.54) is 12.8 Å². The van der Waals surface area contributed by atoms with Gasteiger partial charge in [-0.25, -0.2) is 0 Å². The van der Waals surface area contributed by atoms with Crippen molar-refractivity contribution in [1.29, 1.82) is 0 Å². The zero-order chi connectivity index (χ0) is 9.97. The van der Waals surface area contributed by atoms with Crippen molar-refractivity contribution in [2.24, 2.45) is 0 Å². The lowest BCUT2D eigenvalue weighted by Crippen LogP contribution is -2.16. The molecule has 1 unspecified atom stereocenters. The molecule has 0 saturated heterocycles. The van der Waals surface area contributed by atoms with Gasteiger partial charge in [-0.1, -0.05) is 6.92 Å². The molecule has 78 valence electrons. The van der Waals surface area contributed by atoms with Crippen LogP contribution in [0.4, 0.5) is 0 Å². The summed E-state index contributed by atoms with van der Waals surface area (Å²) in [4.78, 5) is 0. The van der Waals surface area contributed by atoms with Crippen LogP contribution >= 0.6 is 0 Å². The van der Waals surface area contributed by atoms with Crippen LogP contribution in [0.25, 0.3) is 0 Å². The smallest absolute Gasteiger partial charge is 0.0762 e. The SMILES string of the molecule is CCC(C)n1ccc(CNC2CC2)n1. The Morgan fingerprint density at radius 1 is 1.64 bits per heavy atom. The number of aromatic nitrogens is 2. The molecular weight excluding hydrogens is 174 g/mol. The third kappa shape index (κ3) is 2.35. The highest BCUT2D eigenvalue weighted by molar-refractivity contribution is 5.00. The third-order valence-corrected chi connectivity index (χ3v) is 2.86. The summed E-state index contributed by atoms with van der Waals surface area (Å²) in [5.74, 6) is 0. The molecule has 3 nitrogen and oxygen atoms in total. The minimum absolute atomic E-state index is 0.518. The van der Waals surface area contributed by atoms with Crippen molar-refractivity contribution < 1.29 is 0 Å². The maximum atomic E-state index is 4.53. The monoisotopic (exact) mass is 193 g/mol. The largest absolute Gasteiger partial charge is 0.308 e. The molecule has 1 aliphatic rings. The molecule has 1 atom stereocenters. The van der Waals surface area contributed by atoms with E-state index >= 15 is 0 Å². The zero-order valence-electron chi connectivity index (χ0n) is 9.03. The van der Waals surface area contributed by atoms with Crippen molar-refractivity contribution in [2.75, 3.05) is 0 Å². The Balaban J connectivity index is 1.87. The lowest BCUT2D eigenvalue weighted by molar-refractivity contribution is 0.471. The number of hydrogen-bond donors (Lipinski definition) is 1. The summed E-state index contributed by atoms with van der Waals surface area (Å²) in [5, 5.41) is 8.00. The average Bonchev–Trinajstić information content (AvgIpc) is 2.92. The first-order valence-electron chi connectivity index (χ1n) is 5.57. The van der Waals surface area contributed by atoms with E-state index in [1.807, 2.05) is 0 Å². The van der Waals surface area contributed by atoms with Gasteiger partial charge in [0.15, 0.2) is 0 Å². The third-order valence-electron chi connectivity index (χ3n) is 2.86. The second-order valence-corrected chi connectivity index (χ2v) is 4.20. The highest BCUT2D eigenvalue weighted by atomic mass is 15.3. The van der Waals surface area contributed by atoms with Crippen LogP contribution in [0, 0.1) is 0 Å². The first-order chi connectivity index (χ1) is 6.79. The van der Waals surface area contributed by atoms with Crippen LogP contribution in [0.2, 0.25) is 0 Å². The summed E-state index contributed by atoms with van der Waals surface area (Å²) in [7, 11) is 0. The van der Waals surface area contributed by atoms with Crippen LogP contribution in [0.1, 0.15) is 44.8 Å². The first-order valence-corrected chi connectivity index (χ1v) is 5.57. The molecule has 3 heteroatoms. The van der Waals surface area contributed by atoms with Gasteiger partial charge < -0.3 is 5.32 Å². The molecule has 1 saturated carbocycles. The summed E-state index contributed by atoms with van der Waals surface area (Å²) in [6.07, 6.45) is 5.90. The van der Waals surface area contributed by atoms with Crippen molar-refractivity contribution in [2.45, 2.75) is 51.7 Å². The molecular formula is C11H19N3. The highest BCUT2D eigenvalue weighted by Gasteiger charge is 2.20. The zero-order valence-corrected chi connectivity index (χ0v) is 9.03. The van der Waals surface area contributed by atoms with Gasteiger partial charge in [0, 0.05) is 24.8 Å². The highest BCUT2D eigenvalue weighted by Crippen LogP contribution is 2.19. The van der Waals surface area contributed by atoms with Crippen LogP contribution < -0.4 is 5.32 Å². The molecule has 1 aromatic rings. The van der Waals surface area contributed by atoms with Gasteiger partial charge >= 0.3 is 0 Å². The van der Waals surface area contributed by atoms with Crippen molar-refractivity contribution in [3.63, 3.8) is 0 Å². The van der Waals surface area contributed by atoms with Crippen molar-refractivity contribution >= 4 is 0 Å². The van der Waals surface area contributed by atoms with Gasteiger partial charge in [-0.05, 0) is 32.3 Å².